The molecule has 1 aromatic rings. The van der Waals surface area contributed by atoms with Crippen LogP contribution in [0.5, 0.6) is 11.5 Å². The maximum atomic E-state index is 11.6. The summed E-state index contributed by atoms with van der Waals surface area (Å²) in [7, 11) is 2.99. The SMILES string of the molecule is COc1ccc(C(=O)OO[C](C)C)c(OC)c1. The molecule has 5 nitrogen and oxygen atoms in total. The number of ether oxygens (including phenoxy) is 2. The monoisotopic (exact) mass is 239 g/mol. The molecule has 17 heavy (non-hydrogen) atoms. The normalized spacial score (nSPS) is 10.2. The zero-order valence-electron chi connectivity index (χ0n) is 10.3. The van der Waals surface area contributed by atoms with Crippen LogP contribution in [0.2, 0.25) is 0 Å². The molecule has 0 aliphatic heterocycles. The fourth-order valence-electron chi connectivity index (χ4n) is 1.13. The van der Waals surface area contributed by atoms with Gasteiger partial charge in [-0.1, -0.05) is 0 Å². The molecule has 0 atom stereocenters. The quantitative estimate of drug-likeness (QED) is 0.583. The Hall–Kier alpha value is -1.75. The van der Waals surface area contributed by atoms with Crippen molar-refractivity contribution in [1.82, 2.24) is 0 Å². The van der Waals surface area contributed by atoms with Crippen LogP contribution in [0.15, 0.2) is 18.2 Å². The topological polar surface area (TPSA) is 54.0 Å². The van der Waals surface area contributed by atoms with Crippen LogP contribution in [0.1, 0.15) is 24.2 Å². The van der Waals surface area contributed by atoms with Crippen LogP contribution in [0.4, 0.5) is 0 Å². The molecule has 0 fully saturated rings. The maximum Gasteiger partial charge on any atom is 0.376 e. The van der Waals surface area contributed by atoms with Crippen molar-refractivity contribution in [1.29, 1.82) is 0 Å². The molecule has 0 saturated carbocycles. The van der Waals surface area contributed by atoms with Gasteiger partial charge >= 0.3 is 5.97 Å². The van der Waals surface area contributed by atoms with Gasteiger partial charge in [0.1, 0.15) is 23.2 Å². The highest BCUT2D eigenvalue weighted by molar-refractivity contribution is 5.92. The molecule has 0 unspecified atom stereocenters. The van der Waals surface area contributed by atoms with Crippen LogP contribution < -0.4 is 9.47 Å². The van der Waals surface area contributed by atoms with E-state index in [0.717, 1.165) is 0 Å². The molecule has 0 aromatic heterocycles. The summed E-state index contributed by atoms with van der Waals surface area (Å²) in [5.41, 5.74) is 0.273. The Labute approximate surface area is 100 Å². The van der Waals surface area contributed by atoms with Crippen molar-refractivity contribution in [3.05, 3.63) is 29.9 Å². The Morgan fingerprint density at radius 3 is 2.29 bits per heavy atom. The first kappa shape index (κ1) is 13.3. The third-order valence-electron chi connectivity index (χ3n) is 1.91. The van der Waals surface area contributed by atoms with Gasteiger partial charge in [-0.05, 0) is 26.0 Å². The number of hydrogen-bond acceptors (Lipinski definition) is 5. The van der Waals surface area contributed by atoms with E-state index in [1.54, 1.807) is 32.0 Å². The van der Waals surface area contributed by atoms with Crippen LogP contribution in [-0.2, 0) is 9.78 Å². The van der Waals surface area contributed by atoms with Crippen molar-refractivity contribution in [2.45, 2.75) is 13.8 Å². The molecule has 0 amide bonds. The Morgan fingerprint density at radius 1 is 1.06 bits per heavy atom. The molecular formula is C12H15O5. The first-order valence-corrected chi connectivity index (χ1v) is 4.99. The third kappa shape index (κ3) is 3.64. The van der Waals surface area contributed by atoms with Gasteiger partial charge in [0.15, 0.2) is 0 Å². The predicted molar refractivity (Wildman–Crippen MR) is 60.6 cm³/mol. The average molecular weight is 239 g/mol. The minimum atomic E-state index is -0.620. The molecule has 0 spiro atoms. The lowest BCUT2D eigenvalue weighted by Gasteiger charge is -2.10. The van der Waals surface area contributed by atoms with E-state index in [1.165, 1.54) is 14.2 Å². The highest BCUT2D eigenvalue weighted by atomic mass is 17.2. The Morgan fingerprint density at radius 2 is 1.76 bits per heavy atom. The minimum absolute atomic E-state index is 0.273. The van der Waals surface area contributed by atoms with Crippen molar-refractivity contribution < 1.29 is 24.0 Å². The lowest BCUT2D eigenvalue weighted by Crippen LogP contribution is -2.08. The van der Waals surface area contributed by atoms with Crippen LogP contribution in [0.25, 0.3) is 0 Å². The van der Waals surface area contributed by atoms with E-state index in [1.807, 2.05) is 0 Å². The van der Waals surface area contributed by atoms with Gasteiger partial charge in [-0.3, -0.25) is 4.89 Å². The van der Waals surface area contributed by atoms with Crippen LogP contribution >= 0.6 is 0 Å². The molecule has 0 N–H and O–H groups in total. The highest BCUT2D eigenvalue weighted by Crippen LogP contribution is 2.25. The average Bonchev–Trinajstić information content (AvgIpc) is 2.34. The Balaban J connectivity index is 2.85. The number of carbonyl (C=O) groups excluding carboxylic acids is 1. The van der Waals surface area contributed by atoms with E-state index >= 15 is 0 Å². The van der Waals surface area contributed by atoms with Gasteiger partial charge in [-0.2, -0.15) is 4.89 Å². The molecule has 0 saturated heterocycles. The van der Waals surface area contributed by atoms with Gasteiger partial charge in [0.25, 0.3) is 0 Å². The Bertz CT molecular complexity index is 386. The van der Waals surface area contributed by atoms with Crippen LogP contribution in [0.3, 0.4) is 0 Å². The first-order chi connectivity index (χ1) is 8.08. The maximum absolute atomic E-state index is 11.6. The van der Waals surface area contributed by atoms with E-state index in [2.05, 4.69) is 4.89 Å². The summed E-state index contributed by atoms with van der Waals surface area (Å²) < 4.78 is 10.1. The van der Waals surface area contributed by atoms with Crippen molar-refractivity contribution >= 4 is 5.97 Å². The summed E-state index contributed by atoms with van der Waals surface area (Å²) in [5.74, 6) is 0.343. The molecule has 0 aliphatic carbocycles. The van der Waals surface area contributed by atoms with E-state index < -0.39 is 5.97 Å². The zero-order valence-corrected chi connectivity index (χ0v) is 10.3. The first-order valence-electron chi connectivity index (χ1n) is 4.99. The van der Waals surface area contributed by atoms with Gasteiger partial charge in [-0.25, -0.2) is 4.79 Å². The smallest absolute Gasteiger partial charge is 0.376 e. The van der Waals surface area contributed by atoms with Gasteiger partial charge in [0, 0.05) is 6.07 Å². The number of methoxy groups -OCH3 is 2. The van der Waals surface area contributed by atoms with Crippen molar-refractivity contribution in [2.75, 3.05) is 14.2 Å². The molecule has 93 valence electrons. The molecule has 0 bridgehead atoms. The predicted octanol–water partition coefficient (Wildman–Crippen LogP) is 2.36. The number of carbonyl (C=O) groups is 1. The molecule has 1 rings (SSSR count). The summed E-state index contributed by atoms with van der Waals surface area (Å²) in [6, 6.07) is 4.79. The second-order valence-electron chi connectivity index (χ2n) is 3.43. The van der Waals surface area contributed by atoms with Gasteiger partial charge in [0.05, 0.1) is 14.2 Å². The van der Waals surface area contributed by atoms with Crippen LogP contribution in [0, 0.1) is 6.10 Å². The second kappa shape index (κ2) is 6.10. The lowest BCUT2D eigenvalue weighted by molar-refractivity contribution is -0.229. The highest BCUT2D eigenvalue weighted by Gasteiger charge is 2.16. The van der Waals surface area contributed by atoms with Gasteiger partial charge in [-0.15, -0.1) is 0 Å². The summed E-state index contributed by atoms with van der Waals surface area (Å²) in [6.07, 6.45) is 0.533. The van der Waals surface area contributed by atoms with Crippen molar-refractivity contribution in [3.63, 3.8) is 0 Å². The number of hydrogen-bond donors (Lipinski definition) is 0. The Kier molecular flexibility index (Phi) is 4.78. The standard InChI is InChI=1S/C12H15O5/c1-8(2)16-17-12(13)10-6-5-9(14-3)7-11(10)15-4/h5-7H,1-4H3. The zero-order chi connectivity index (χ0) is 12.8. The summed E-state index contributed by atoms with van der Waals surface area (Å²) in [5, 5.41) is 0. The van der Waals surface area contributed by atoms with E-state index in [-0.39, 0.29) is 5.56 Å². The lowest BCUT2D eigenvalue weighted by atomic mass is 10.2. The van der Waals surface area contributed by atoms with E-state index in [4.69, 9.17) is 14.4 Å². The summed E-state index contributed by atoms with van der Waals surface area (Å²) >= 11 is 0. The molecule has 1 aromatic carbocycles. The second-order valence-corrected chi connectivity index (χ2v) is 3.43. The van der Waals surface area contributed by atoms with Crippen molar-refractivity contribution in [3.8, 4) is 11.5 Å². The fourth-order valence-corrected chi connectivity index (χ4v) is 1.13. The van der Waals surface area contributed by atoms with Crippen molar-refractivity contribution in [2.24, 2.45) is 0 Å². The number of rotatable bonds is 5. The number of benzene rings is 1. The summed E-state index contributed by atoms with van der Waals surface area (Å²) in [4.78, 5) is 21.0. The van der Waals surface area contributed by atoms with Gasteiger partial charge in [0.2, 0.25) is 0 Å². The fraction of sp³-hybridized carbons (Fsp3) is 0.333. The molecule has 5 heteroatoms. The van der Waals surface area contributed by atoms with Crippen LogP contribution in [-0.4, -0.2) is 20.2 Å². The third-order valence-corrected chi connectivity index (χ3v) is 1.91. The molecule has 0 heterocycles. The van der Waals surface area contributed by atoms with E-state index in [9.17, 15) is 4.79 Å². The van der Waals surface area contributed by atoms with E-state index in [0.29, 0.717) is 17.6 Å². The summed E-state index contributed by atoms with van der Waals surface area (Å²) in [6.45, 7) is 3.36. The molecular weight excluding hydrogens is 224 g/mol. The largest absolute Gasteiger partial charge is 0.497 e. The van der Waals surface area contributed by atoms with Gasteiger partial charge < -0.3 is 9.47 Å². The molecule has 0 aliphatic rings. The molecule has 1 radical (unpaired) electrons. The minimum Gasteiger partial charge on any atom is -0.497 e.